The summed E-state index contributed by atoms with van der Waals surface area (Å²) in [5, 5.41) is 8.38. The maximum Gasteiger partial charge on any atom is 0.328 e. The summed E-state index contributed by atoms with van der Waals surface area (Å²) in [5.74, 6) is -0.931. The van der Waals surface area contributed by atoms with E-state index in [1.807, 2.05) is 54.6 Å². The minimum absolute atomic E-state index is 0.640. The van der Waals surface area contributed by atoms with Gasteiger partial charge in [-0.1, -0.05) is 130 Å². The van der Waals surface area contributed by atoms with Crippen molar-refractivity contribution in [3.63, 3.8) is 0 Å². The Labute approximate surface area is 183 Å². The lowest BCUT2D eigenvalue weighted by Crippen LogP contribution is -1.94. The maximum absolute atomic E-state index is 10.2. The third-order valence-electron chi connectivity index (χ3n) is 4.21. The molecule has 0 fully saturated rings. The molecule has 3 heteroatoms. The van der Waals surface area contributed by atoms with Crippen molar-refractivity contribution >= 4 is 5.97 Å². The topological polar surface area (TPSA) is 63.3 Å². The van der Waals surface area contributed by atoms with Crippen LogP contribution < -0.4 is 5.73 Å². The molecule has 0 saturated carbocycles. The van der Waals surface area contributed by atoms with Gasteiger partial charge >= 0.3 is 5.97 Å². The molecule has 3 N–H and O–H groups in total. The summed E-state index contributed by atoms with van der Waals surface area (Å²) in [7, 11) is 0. The molecule has 164 valence electrons. The molecule has 0 unspecified atom stereocenters. The number of aliphatic carboxylic acids is 1. The molecule has 0 bridgehead atoms. The lowest BCUT2D eigenvalue weighted by atomic mass is 10.1. The number of benzene rings is 1. The fraction of sp³-hybridized carbons (Fsp3) is 0.370. The molecule has 0 spiro atoms. The van der Waals surface area contributed by atoms with Crippen LogP contribution in [0.15, 0.2) is 91.1 Å². The molecule has 0 aromatic heterocycles. The van der Waals surface area contributed by atoms with Crippen molar-refractivity contribution in [2.75, 3.05) is 0 Å². The second kappa shape index (κ2) is 22.6. The summed E-state index contributed by atoms with van der Waals surface area (Å²) in [6.45, 7) is 2.89. The number of rotatable bonds is 14. The Morgan fingerprint density at radius 3 is 1.87 bits per heavy atom. The van der Waals surface area contributed by atoms with Gasteiger partial charge in [0.05, 0.1) is 0 Å². The molecule has 0 saturated heterocycles. The van der Waals surface area contributed by atoms with Gasteiger partial charge in [0.1, 0.15) is 0 Å². The highest BCUT2D eigenvalue weighted by Gasteiger charge is 1.88. The van der Waals surface area contributed by atoms with E-state index in [4.69, 9.17) is 10.8 Å². The van der Waals surface area contributed by atoms with Crippen LogP contribution in [0.1, 0.15) is 63.9 Å². The Morgan fingerprint density at radius 1 is 0.800 bits per heavy atom. The lowest BCUT2D eigenvalue weighted by Gasteiger charge is -1.98. The van der Waals surface area contributed by atoms with Crippen molar-refractivity contribution in [1.82, 2.24) is 0 Å². The van der Waals surface area contributed by atoms with E-state index < -0.39 is 5.97 Å². The molecule has 30 heavy (non-hydrogen) atoms. The van der Waals surface area contributed by atoms with Crippen molar-refractivity contribution in [2.24, 2.45) is 5.73 Å². The fourth-order valence-electron chi connectivity index (χ4n) is 2.53. The van der Waals surface area contributed by atoms with Crippen LogP contribution in [-0.2, 0) is 11.3 Å². The molecule has 0 atom stereocenters. The van der Waals surface area contributed by atoms with E-state index >= 15 is 0 Å². The number of unbranched alkanes of at least 4 members (excludes halogenated alkanes) is 7. The summed E-state index contributed by atoms with van der Waals surface area (Å²) in [6.07, 6.45) is 28.8. The predicted molar refractivity (Wildman–Crippen MR) is 130 cm³/mol. The van der Waals surface area contributed by atoms with Crippen molar-refractivity contribution < 1.29 is 9.90 Å². The maximum atomic E-state index is 10.2. The van der Waals surface area contributed by atoms with E-state index in [2.05, 4.69) is 19.1 Å². The number of hydrogen-bond donors (Lipinski definition) is 2. The second-order valence-corrected chi connectivity index (χ2v) is 6.88. The van der Waals surface area contributed by atoms with E-state index in [0.29, 0.717) is 6.54 Å². The first kappa shape index (κ1) is 27.4. The number of allylic oxidation sites excluding steroid dienone is 9. The largest absolute Gasteiger partial charge is 0.478 e. The molecule has 0 aliphatic carbocycles. The molecule has 0 aliphatic rings. The first-order valence-corrected chi connectivity index (χ1v) is 11.0. The van der Waals surface area contributed by atoms with Gasteiger partial charge in [-0.05, 0) is 18.4 Å². The number of nitrogens with two attached hydrogens (primary N) is 1. The molecule has 1 rings (SSSR count). The van der Waals surface area contributed by atoms with Crippen molar-refractivity contribution in [2.45, 2.75) is 64.8 Å². The molecule has 3 nitrogen and oxygen atoms in total. The Balaban J connectivity index is 0.000000867. The zero-order valence-corrected chi connectivity index (χ0v) is 18.5. The summed E-state index contributed by atoms with van der Waals surface area (Å²) >= 11 is 0. The number of carboxylic acid groups (broad SMARTS) is 1. The minimum Gasteiger partial charge on any atom is -0.478 e. The average Bonchev–Trinajstić information content (AvgIpc) is 2.76. The molecule has 1 aromatic carbocycles. The third kappa shape index (κ3) is 21.6. The minimum atomic E-state index is -0.931. The van der Waals surface area contributed by atoms with E-state index in [9.17, 15) is 4.79 Å². The third-order valence-corrected chi connectivity index (χ3v) is 4.21. The first-order chi connectivity index (χ1) is 14.7. The van der Waals surface area contributed by atoms with Crippen molar-refractivity contribution in [3.05, 3.63) is 96.7 Å². The Hall–Kier alpha value is -2.65. The monoisotopic (exact) mass is 409 g/mol. The number of carboxylic acids is 1. The molecule has 0 radical (unpaired) electrons. The molecular formula is C27H39NO2. The number of carbonyl (C=O) groups is 1. The summed E-state index contributed by atoms with van der Waals surface area (Å²) in [5.41, 5.74) is 6.54. The Kier molecular flexibility index (Phi) is 20.6. The highest BCUT2D eigenvalue weighted by atomic mass is 16.4. The van der Waals surface area contributed by atoms with Crippen LogP contribution in [0.4, 0.5) is 0 Å². The molecule has 0 amide bonds. The van der Waals surface area contributed by atoms with Crippen LogP contribution >= 0.6 is 0 Å². The van der Waals surface area contributed by atoms with Crippen LogP contribution in [0.2, 0.25) is 0 Å². The first-order valence-electron chi connectivity index (χ1n) is 11.0. The SMILES string of the molecule is CCCCCCCCCC=CC=CC=CC=CC=CC(=O)O.NCc1ccccc1. The van der Waals surface area contributed by atoms with Crippen LogP contribution in [0.5, 0.6) is 0 Å². The summed E-state index contributed by atoms with van der Waals surface area (Å²) in [4.78, 5) is 10.2. The highest BCUT2D eigenvalue weighted by Crippen LogP contribution is 2.08. The smallest absolute Gasteiger partial charge is 0.328 e. The van der Waals surface area contributed by atoms with Gasteiger partial charge in [0.15, 0.2) is 0 Å². The zero-order chi connectivity index (χ0) is 22.1. The highest BCUT2D eigenvalue weighted by molar-refractivity contribution is 5.80. The van der Waals surface area contributed by atoms with Gasteiger partial charge in [-0.25, -0.2) is 4.79 Å². The van der Waals surface area contributed by atoms with Crippen LogP contribution in [-0.4, -0.2) is 11.1 Å². The quantitative estimate of drug-likeness (QED) is 0.195. The van der Waals surface area contributed by atoms with Gasteiger partial charge in [0, 0.05) is 12.6 Å². The Bertz CT molecular complexity index is 655. The fourth-order valence-corrected chi connectivity index (χ4v) is 2.53. The van der Waals surface area contributed by atoms with Crippen molar-refractivity contribution in [1.29, 1.82) is 0 Å². The molecule has 0 heterocycles. The van der Waals surface area contributed by atoms with E-state index in [-0.39, 0.29) is 0 Å². The average molecular weight is 410 g/mol. The lowest BCUT2D eigenvalue weighted by molar-refractivity contribution is -0.131. The van der Waals surface area contributed by atoms with E-state index in [1.165, 1.54) is 56.6 Å². The van der Waals surface area contributed by atoms with E-state index in [1.54, 1.807) is 12.2 Å². The van der Waals surface area contributed by atoms with Gasteiger partial charge in [0.25, 0.3) is 0 Å². The van der Waals surface area contributed by atoms with Gasteiger partial charge in [-0.2, -0.15) is 0 Å². The van der Waals surface area contributed by atoms with Crippen molar-refractivity contribution in [3.8, 4) is 0 Å². The van der Waals surface area contributed by atoms with Gasteiger partial charge in [-0.3, -0.25) is 0 Å². The van der Waals surface area contributed by atoms with Gasteiger partial charge in [0.2, 0.25) is 0 Å². The standard InChI is InChI=1S/C20H30O2.C7H9N/c1-2-3-4-5-6-7-8-9-10-11-12-13-14-15-16-17-18-19-20(21)22;8-6-7-4-2-1-3-5-7/h10-19H,2-9H2,1H3,(H,21,22);1-5H,6,8H2. The normalized spacial score (nSPS) is 11.8. The zero-order valence-electron chi connectivity index (χ0n) is 18.5. The van der Waals surface area contributed by atoms with Gasteiger partial charge in [-0.15, -0.1) is 0 Å². The van der Waals surface area contributed by atoms with Crippen LogP contribution in [0.25, 0.3) is 0 Å². The summed E-state index contributed by atoms with van der Waals surface area (Å²) < 4.78 is 0. The molecular weight excluding hydrogens is 370 g/mol. The van der Waals surface area contributed by atoms with Crippen LogP contribution in [0.3, 0.4) is 0 Å². The Morgan fingerprint density at radius 2 is 1.33 bits per heavy atom. The second-order valence-electron chi connectivity index (χ2n) is 6.88. The predicted octanol–water partition coefficient (Wildman–Crippen LogP) is 7.14. The molecule has 0 aliphatic heterocycles. The molecule has 1 aromatic rings. The van der Waals surface area contributed by atoms with Crippen LogP contribution in [0, 0.1) is 0 Å². The van der Waals surface area contributed by atoms with E-state index in [0.717, 1.165) is 12.5 Å². The van der Waals surface area contributed by atoms with Gasteiger partial charge < -0.3 is 10.8 Å². The number of hydrogen-bond acceptors (Lipinski definition) is 2. The summed E-state index contributed by atoms with van der Waals surface area (Å²) in [6, 6.07) is 9.99.